The number of aromatic hydroxyl groups is 1. The highest BCUT2D eigenvalue weighted by atomic mass is 16.3. The van der Waals surface area contributed by atoms with Gasteiger partial charge in [0.05, 0.1) is 0 Å². The van der Waals surface area contributed by atoms with Gasteiger partial charge < -0.3 is 5.11 Å². The van der Waals surface area contributed by atoms with E-state index < -0.39 is 0 Å². The maximum Gasteiger partial charge on any atom is 0.163 e. The third kappa shape index (κ3) is 1.31. The van der Waals surface area contributed by atoms with Crippen LogP contribution in [0.15, 0.2) is 12.1 Å². The number of carbonyl (C=O) groups is 1. The summed E-state index contributed by atoms with van der Waals surface area (Å²) in [5.74, 6) is 0.738. The number of phenolic OH excluding ortho intramolecular Hbond substituents is 1. The number of fused-ring (bicyclic) bond motifs is 1. The minimum Gasteiger partial charge on any atom is -0.508 e. The van der Waals surface area contributed by atoms with E-state index in [0.717, 1.165) is 23.1 Å². The Hall–Kier alpha value is -1.31. The van der Waals surface area contributed by atoms with Crippen LogP contribution in [0.2, 0.25) is 0 Å². The van der Waals surface area contributed by atoms with E-state index in [1.54, 1.807) is 12.1 Å². The van der Waals surface area contributed by atoms with Gasteiger partial charge in [-0.2, -0.15) is 0 Å². The van der Waals surface area contributed by atoms with Crippen molar-refractivity contribution in [2.24, 2.45) is 0 Å². The summed E-state index contributed by atoms with van der Waals surface area (Å²) in [5, 5.41) is 9.49. The molecule has 1 aliphatic carbocycles. The molecule has 1 aromatic rings. The third-order valence-corrected chi connectivity index (χ3v) is 2.79. The fraction of sp³-hybridized carbons (Fsp3) is 0.417. The van der Waals surface area contributed by atoms with Crippen LogP contribution < -0.4 is 0 Å². The summed E-state index contributed by atoms with van der Waals surface area (Å²) in [6.07, 6.45) is 1.43. The third-order valence-electron chi connectivity index (χ3n) is 2.79. The Labute approximate surface area is 83.6 Å². The minimum absolute atomic E-state index is 0.165. The molecule has 2 rings (SSSR count). The zero-order chi connectivity index (χ0) is 10.3. The summed E-state index contributed by atoms with van der Waals surface area (Å²) >= 11 is 0. The molecule has 0 bridgehead atoms. The first-order chi connectivity index (χ1) is 6.59. The van der Waals surface area contributed by atoms with Gasteiger partial charge in [0.1, 0.15) is 5.75 Å². The van der Waals surface area contributed by atoms with Crippen molar-refractivity contribution >= 4 is 5.78 Å². The number of rotatable bonds is 1. The molecule has 0 unspecified atom stereocenters. The maximum atomic E-state index is 11.5. The average molecular weight is 190 g/mol. The topological polar surface area (TPSA) is 37.3 Å². The normalized spacial score (nSPS) is 14.9. The fourth-order valence-electron chi connectivity index (χ4n) is 2.09. The summed E-state index contributed by atoms with van der Waals surface area (Å²) < 4.78 is 0. The van der Waals surface area contributed by atoms with Gasteiger partial charge in [-0.25, -0.2) is 0 Å². The Kier molecular flexibility index (Phi) is 2.06. The molecule has 0 atom stereocenters. The molecule has 14 heavy (non-hydrogen) atoms. The molecular formula is C12H14O2. The van der Waals surface area contributed by atoms with E-state index in [1.807, 2.05) is 0 Å². The van der Waals surface area contributed by atoms with Gasteiger partial charge in [-0.15, -0.1) is 0 Å². The van der Waals surface area contributed by atoms with Crippen molar-refractivity contribution in [3.05, 3.63) is 28.8 Å². The molecule has 1 aromatic carbocycles. The SMILES string of the molecule is CC(C)c1cc(O)cc2c1CCC2=O. The largest absolute Gasteiger partial charge is 0.508 e. The van der Waals surface area contributed by atoms with E-state index in [0.29, 0.717) is 12.3 Å². The number of carbonyl (C=O) groups excluding carboxylic acids is 1. The zero-order valence-corrected chi connectivity index (χ0v) is 8.50. The molecule has 0 fully saturated rings. The number of Topliss-reactive ketones (excluding diaryl/α,β-unsaturated/α-hetero) is 1. The molecule has 0 saturated carbocycles. The molecule has 0 spiro atoms. The number of benzene rings is 1. The van der Waals surface area contributed by atoms with Crippen molar-refractivity contribution in [1.29, 1.82) is 0 Å². The van der Waals surface area contributed by atoms with Gasteiger partial charge in [-0.05, 0) is 35.6 Å². The van der Waals surface area contributed by atoms with E-state index in [9.17, 15) is 9.90 Å². The van der Waals surface area contributed by atoms with Gasteiger partial charge in [0.15, 0.2) is 5.78 Å². The van der Waals surface area contributed by atoms with Crippen LogP contribution in [0, 0.1) is 0 Å². The van der Waals surface area contributed by atoms with Crippen LogP contribution in [-0.2, 0) is 6.42 Å². The van der Waals surface area contributed by atoms with Gasteiger partial charge in [0.2, 0.25) is 0 Å². The van der Waals surface area contributed by atoms with Crippen LogP contribution in [0.5, 0.6) is 5.75 Å². The van der Waals surface area contributed by atoms with Crippen molar-refractivity contribution in [2.75, 3.05) is 0 Å². The smallest absolute Gasteiger partial charge is 0.163 e. The fourth-order valence-corrected chi connectivity index (χ4v) is 2.09. The Morgan fingerprint density at radius 1 is 1.29 bits per heavy atom. The second kappa shape index (κ2) is 3.12. The number of hydrogen-bond donors (Lipinski definition) is 1. The Balaban J connectivity index is 2.63. The molecule has 74 valence electrons. The molecule has 0 aliphatic heterocycles. The predicted octanol–water partition coefficient (Wildman–Crippen LogP) is 2.64. The lowest BCUT2D eigenvalue weighted by molar-refractivity contribution is 0.0994. The summed E-state index contributed by atoms with van der Waals surface area (Å²) in [4.78, 5) is 11.5. The molecule has 1 N–H and O–H groups in total. The lowest BCUT2D eigenvalue weighted by Crippen LogP contribution is -1.97. The van der Waals surface area contributed by atoms with Gasteiger partial charge >= 0.3 is 0 Å². The predicted molar refractivity (Wildman–Crippen MR) is 54.8 cm³/mol. The first kappa shape index (κ1) is 9.25. The average Bonchev–Trinajstić information content (AvgIpc) is 2.47. The van der Waals surface area contributed by atoms with Crippen molar-refractivity contribution < 1.29 is 9.90 Å². The van der Waals surface area contributed by atoms with Gasteiger partial charge in [0, 0.05) is 12.0 Å². The lowest BCUT2D eigenvalue weighted by atomic mass is 9.94. The van der Waals surface area contributed by atoms with E-state index in [4.69, 9.17) is 0 Å². The van der Waals surface area contributed by atoms with E-state index in [1.165, 1.54) is 0 Å². The van der Waals surface area contributed by atoms with Crippen molar-refractivity contribution in [3.8, 4) is 5.75 Å². The number of phenols is 1. The molecule has 0 heterocycles. The molecule has 2 nitrogen and oxygen atoms in total. The van der Waals surface area contributed by atoms with Crippen molar-refractivity contribution in [2.45, 2.75) is 32.6 Å². The maximum absolute atomic E-state index is 11.5. The second-order valence-corrected chi connectivity index (χ2v) is 4.14. The molecule has 2 heteroatoms. The van der Waals surface area contributed by atoms with Crippen molar-refractivity contribution in [3.63, 3.8) is 0 Å². The highest BCUT2D eigenvalue weighted by Gasteiger charge is 2.23. The molecule has 0 radical (unpaired) electrons. The quantitative estimate of drug-likeness (QED) is 0.739. The van der Waals surface area contributed by atoms with Crippen LogP contribution in [0.1, 0.15) is 47.7 Å². The first-order valence-electron chi connectivity index (χ1n) is 4.98. The van der Waals surface area contributed by atoms with E-state index >= 15 is 0 Å². The molecular weight excluding hydrogens is 176 g/mol. The van der Waals surface area contributed by atoms with Crippen molar-refractivity contribution in [1.82, 2.24) is 0 Å². The number of hydrogen-bond acceptors (Lipinski definition) is 2. The van der Waals surface area contributed by atoms with Gasteiger partial charge in [-0.1, -0.05) is 13.8 Å². The summed E-state index contributed by atoms with van der Waals surface area (Å²) in [6, 6.07) is 3.37. The highest BCUT2D eigenvalue weighted by Crippen LogP contribution is 2.33. The standard InChI is InChI=1S/C12H14O2/c1-7(2)10-5-8(13)6-11-9(10)3-4-12(11)14/h5-7,13H,3-4H2,1-2H3. The monoisotopic (exact) mass is 190 g/mol. The van der Waals surface area contributed by atoms with Crippen LogP contribution in [0.3, 0.4) is 0 Å². The van der Waals surface area contributed by atoms with E-state index in [2.05, 4.69) is 13.8 Å². The van der Waals surface area contributed by atoms with Gasteiger partial charge in [-0.3, -0.25) is 4.79 Å². The molecule has 0 amide bonds. The Bertz CT molecular complexity index is 392. The minimum atomic E-state index is 0.165. The summed E-state index contributed by atoms with van der Waals surface area (Å²) in [5.41, 5.74) is 2.99. The zero-order valence-electron chi connectivity index (χ0n) is 8.50. The van der Waals surface area contributed by atoms with Crippen LogP contribution in [0.4, 0.5) is 0 Å². The highest BCUT2D eigenvalue weighted by molar-refractivity contribution is 6.01. The van der Waals surface area contributed by atoms with Gasteiger partial charge in [0.25, 0.3) is 0 Å². The first-order valence-corrected chi connectivity index (χ1v) is 4.98. The lowest BCUT2D eigenvalue weighted by Gasteiger charge is -2.11. The van der Waals surface area contributed by atoms with Crippen LogP contribution in [0.25, 0.3) is 0 Å². The summed E-state index contributed by atoms with van der Waals surface area (Å²) in [7, 11) is 0. The Morgan fingerprint density at radius 2 is 2.00 bits per heavy atom. The second-order valence-electron chi connectivity index (χ2n) is 4.14. The Morgan fingerprint density at radius 3 is 2.64 bits per heavy atom. The van der Waals surface area contributed by atoms with Crippen LogP contribution >= 0.6 is 0 Å². The number of ketones is 1. The molecule has 1 aliphatic rings. The molecule has 0 saturated heterocycles. The van der Waals surface area contributed by atoms with Crippen LogP contribution in [-0.4, -0.2) is 10.9 Å². The summed E-state index contributed by atoms with van der Waals surface area (Å²) in [6.45, 7) is 4.16. The van der Waals surface area contributed by atoms with E-state index in [-0.39, 0.29) is 11.5 Å². The molecule has 0 aromatic heterocycles.